The lowest BCUT2D eigenvalue weighted by molar-refractivity contribution is 0.415. The van der Waals surface area contributed by atoms with Crippen molar-refractivity contribution in [2.45, 2.75) is 6.42 Å². The molecule has 0 aliphatic rings. The summed E-state index contributed by atoms with van der Waals surface area (Å²) in [4.78, 5) is 4.35. The average molecular weight is 339 g/mol. The fourth-order valence-electron chi connectivity index (χ4n) is 2.30. The van der Waals surface area contributed by atoms with Crippen LogP contribution >= 0.6 is 0 Å². The zero-order valence-corrected chi connectivity index (χ0v) is 13.7. The van der Waals surface area contributed by atoms with Gasteiger partial charge in [0.15, 0.2) is 5.82 Å². The van der Waals surface area contributed by atoms with Crippen LogP contribution in [-0.2, 0) is 6.42 Å². The maximum absolute atomic E-state index is 13.6. The number of nitrogens with zero attached hydrogens (tertiary/aromatic N) is 3. The third kappa shape index (κ3) is 4.63. The van der Waals surface area contributed by atoms with Crippen molar-refractivity contribution in [1.29, 1.82) is 0 Å². The number of rotatable bonds is 7. The topological polar surface area (TPSA) is 72.0 Å². The summed E-state index contributed by atoms with van der Waals surface area (Å²) in [7, 11) is 1.61. The number of hydrogen-bond acceptors (Lipinski definition) is 6. The molecule has 0 unspecified atom stereocenters. The maximum atomic E-state index is 13.6. The number of anilines is 3. The van der Waals surface area contributed by atoms with E-state index in [-0.39, 0.29) is 5.82 Å². The van der Waals surface area contributed by atoms with Crippen molar-refractivity contribution in [3.05, 3.63) is 66.1 Å². The van der Waals surface area contributed by atoms with E-state index in [1.807, 2.05) is 30.3 Å². The quantitative estimate of drug-likeness (QED) is 0.687. The number of ether oxygens (including phenoxy) is 1. The van der Waals surface area contributed by atoms with Crippen LogP contribution < -0.4 is 15.4 Å². The normalized spacial score (nSPS) is 10.3. The summed E-state index contributed by atoms with van der Waals surface area (Å²) in [6.07, 6.45) is 2.06. The Labute approximate surface area is 145 Å². The highest BCUT2D eigenvalue weighted by atomic mass is 19.1. The SMILES string of the molecule is COc1cccc(Nc2cnnc(NCCc3ccccc3F)n2)c1. The zero-order chi connectivity index (χ0) is 17.5. The fourth-order valence-corrected chi connectivity index (χ4v) is 2.30. The lowest BCUT2D eigenvalue weighted by Crippen LogP contribution is -2.10. The Balaban J connectivity index is 1.60. The van der Waals surface area contributed by atoms with Crippen molar-refractivity contribution in [2.75, 3.05) is 24.3 Å². The first-order chi connectivity index (χ1) is 12.2. The van der Waals surface area contributed by atoms with Crippen molar-refractivity contribution < 1.29 is 9.13 Å². The summed E-state index contributed by atoms with van der Waals surface area (Å²) >= 11 is 0. The molecule has 0 spiro atoms. The van der Waals surface area contributed by atoms with Gasteiger partial charge in [-0.1, -0.05) is 24.3 Å². The Morgan fingerprint density at radius 3 is 2.84 bits per heavy atom. The van der Waals surface area contributed by atoms with Gasteiger partial charge in [0.2, 0.25) is 5.95 Å². The molecule has 128 valence electrons. The van der Waals surface area contributed by atoms with E-state index < -0.39 is 0 Å². The summed E-state index contributed by atoms with van der Waals surface area (Å²) in [5.41, 5.74) is 1.48. The van der Waals surface area contributed by atoms with Crippen LogP contribution in [0.3, 0.4) is 0 Å². The van der Waals surface area contributed by atoms with Gasteiger partial charge in [0.25, 0.3) is 0 Å². The van der Waals surface area contributed by atoms with Crippen molar-refractivity contribution >= 4 is 17.5 Å². The molecule has 0 radical (unpaired) electrons. The van der Waals surface area contributed by atoms with Crippen LogP contribution in [-0.4, -0.2) is 28.8 Å². The van der Waals surface area contributed by atoms with Crippen LogP contribution in [0.25, 0.3) is 0 Å². The third-order valence-electron chi connectivity index (χ3n) is 3.54. The van der Waals surface area contributed by atoms with E-state index in [1.54, 1.807) is 19.2 Å². The first-order valence-electron chi connectivity index (χ1n) is 7.82. The molecule has 3 rings (SSSR count). The van der Waals surface area contributed by atoms with Gasteiger partial charge in [-0.15, -0.1) is 5.10 Å². The second-order valence-corrected chi connectivity index (χ2v) is 5.29. The van der Waals surface area contributed by atoms with Gasteiger partial charge in [-0.3, -0.25) is 0 Å². The number of nitrogens with one attached hydrogen (secondary N) is 2. The Hall–Kier alpha value is -3.22. The van der Waals surface area contributed by atoms with E-state index in [1.165, 1.54) is 12.3 Å². The molecule has 0 bridgehead atoms. The van der Waals surface area contributed by atoms with Gasteiger partial charge in [-0.25, -0.2) is 4.39 Å². The van der Waals surface area contributed by atoms with E-state index in [2.05, 4.69) is 25.8 Å². The van der Waals surface area contributed by atoms with E-state index in [0.29, 0.717) is 30.3 Å². The predicted octanol–water partition coefficient (Wildman–Crippen LogP) is 3.42. The summed E-state index contributed by atoms with van der Waals surface area (Å²) in [6.45, 7) is 0.505. The predicted molar refractivity (Wildman–Crippen MR) is 94.7 cm³/mol. The highest BCUT2D eigenvalue weighted by molar-refractivity contribution is 5.58. The molecule has 2 aromatic carbocycles. The van der Waals surface area contributed by atoms with Crippen molar-refractivity contribution in [2.24, 2.45) is 0 Å². The van der Waals surface area contributed by atoms with Gasteiger partial charge in [0.05, 0.1) is 13.3 Å². The van der Waals surface area contributed by atoms with Crippen LogP contribution in [0, 0.1) is 5.82 Å². The molecule has 0 atom stereocenters. The van der Waals surface area contributed by atoms with Gasteiger partial charge in [-0.2, -0.15) is 10.1 Å². The molecule has 0 amide bonds. The van der Waals surface area contributed by atoms with Crippen LogP contribution in [0.15, 0.2) is 54.7 Å². The molecule has 6 nitrogen and oxygen atoms in total. The molecule has 0 fully saturated rings. The molecule has 0 aliphatic heterocycles. The van der Waals surface area contributed by atoms with E-state index in [9.17, 15) is 4.39 Å². The minimum absolute atomic E-state index is 0.211. The highest BCUT2D eigenvalue weighted by Gasteiger charge is 2.04. The second-order valence-electron chi connectivity index (χ2n) is 5.29. The Bertz CT molecular complexity index is 843. The molecular formula is C18H18FN5O. The van der Waals surface area contributed by atoms with Gasteiger partial charge in [-0.05, 0) is 30.2 Å². The third-order valence-corrected chi connectivity index (χ3v) is 3.54. The van der Waals surface area contributed by atoms with Gasteiger partial charge >= 0.3 is 0 Å². The zero-order valence-electron chi connectivity index (χ0n) is 13.7. The molecule has 2 N–H and O–H groups in total. The number of methoxy groups -OCH3 is 1. The maximum Gasteiger partial charge on any atom is 0.244 e. The first kappa shape index (κ1) is 16.6. The van der Waals surface area contributed by atoms with Gasteiger partial charge in [0.1, 0.15) is 11.6 Å². The summed E-state index contributed by atoms with van der Waals surface area (Å²) in [6, 6.07) is 14.2. The molecule has 3 aromatic rings. The van der Waals surface area contributed by atoms with Gasteiger partial charge in [0, 0.05) is 18.3 Å². The highest BCUT2D eigenvalue weighted by Crippen LogP contribution is 2.20. The number of hydrogen-bond donors (Lipinski definition) is 2. The number of aromatic nitrogens is 3. The summed E-state index contributed by atoms with van der Waals surface area (Å²) in [5.74, 6) is 1.47. The summed E-state index contributed by atoms with van der Waals surface area (Å²) < 4.78 is 18.8. The van der Waals surface area contributed by atoms with E-state index >= 15 is 0 Å². The van der Waals surface area contributed by atoms with Crippen LogP contribution in [0.2, 0.25) is 0 Å². The van der Waals surface area contributed by atoms with Crippen molar-refractivity contribution in [1.82, 2.24) is 15.2 Å². The van der Waals surface area contributed by atoms with E-state index in [0.717, 1.165) is 11.4 Å². The summed E-state index contributed by atoms with van der Waals surface area (Å²) in [5, 5.41) is 14.1. The Morgan fingerprint density at radius 2 is 2.00 bits per heavy atom. The monoisotopic (exact) mass is 339 g/mol. The minimum atomic E-state index is -0.211. The lowest BCUT2D eigenvalue weighted by Gasteiger charge is -2.09. The molecule has 0 saturated carbocycles. The molecule has 0 saturated heterocycles. The lowest BCUT2D eigenvalue weighted by atomic mass is 10.1. The molecule has 25 heavy (non-hydrogen) atoms. The van der Waals surface area contributed by atoms with Crippen molar-refractivity contribution in [3.8, 4) is 5.75 Å². The smallest absolute Gasteiger partial charge is 0.244 e. The van der Waals surface area contributed by atoms with E-state index in [4.69, 9.17) is 4.74 Å². The number of halogens is 1. The standard InChI is InChI=1S/C18H18FN5O/c1-25-15-7-4-6-14(11-15)22-17-12-21-24-18(23-17)20-10-9-13-5-2-3-8-16(13)19/h2-8,11-12H,9-10H2,1H3,(H2,20,22,23,24). The molecule has 1 aromatic heterocycles. The molecular weight excluding hydrogens is 321 g/mol. The van der Waals surface area contributed by atoms with Gasteiger partial charge < -0.3 is 15.4 Å². The molecule has 0 aliphatic carbocycles. The van der Waals surface area contributed by atoms with Crippen LogP contribution in [0.1, 0.15) is 5.56 Å². The minimum Gasteiger partial charge on any atom is -0.497 e. The Kier molecular flexibility index (Phi) is 5.36. The Morgan fingerprint density at radius 1 is 1.12 bits per heavy atom. The average Bonchev–Trinajstić information content (AvgIpc) is 2.64. The molecule has 7 heteroatoms. The number of benzene rings is 2. The second kappa shape index (κ2) is 8.05. The first-order valence-corrected chi connectivity index (χ1v) is 7.82. The van der Waals surface area contributed by atoms with Crippen molar-refractivity contribution in [3.63, 3.8) is 0 Å². The van der Waals surface area contributed by atoms with Crippen LogP contribution in [0.5, 0.6) is 5.75 Å². The largest absolute Gasteiger partial charge is 0.497 e. The molecule has 1 heterocycles. The van der Waals surface area contributed by atoms with Crippen LogP contribution in [0.4, 0.5) is 21.8 Å². The fraction of sp³-hybridized carbons (Fsp3) is 0.167.